The molecule has 2 aliphatic heterocycles. The Bertz CT molecular complexity index is 1510. The highest BCUT2D eigenvalue weighted by Gasteiger charge is 2.43. The molecule has 0 saturated carbocycles. The first-order chi connectivity index (χ1) is 15.9. The minimum atomic E-state index is -3.36. The van der Waals surface area contributed by atoms with Crippen LogP contribution in [0.25, 0.3) is 21.7 Å². The number of benzene rings is 2. The van der Waals surface area contributed by atoms with Gasteiger partial charge in [-0.1, -0.05) is 12.1 Å². The summed E-state index contributed by atoms with van der Waals surface area (Å²) < 4.78 is 31.8. The lowest BCUT2D eigenvalue weighted by Gasteiger charge is -2.30. The number of hydrogen-bond acceptors (Lipinski definition) is 4. The van der Waals surface area contributed by atoms with Crippen LogP contribution in [0.4, 0.5) is 14.5 Å². The van der Waals surface area contributed by atoms with E-state index in [1.807, 2.05) is 0 Å². The molecule has 3 amide bonds. The van der Waals surface area contributed by atoms with Crippen LogP contribution >= 0.6 is 0 Å². The van der Waals surface area contributed by atoms with Gasteiger partial charge in [0.2, 0.25) is 11.8 Å². The summed E-state index contributed by atoms with van der Waals surface area (Å²) in [6.07, 6.45) is 4.49. The zero-order valence-corrected chi connectivity index (χ0v) is 17.1. The third kappa shape index (κ3) is 2.65. The number of nitrogens with zero attached hydrogens (tertiary/aromatic N) is 2. The van der Waals surface area contributed by atoms with E-state index in [0.29, 0.717) is 22.0 Å². The number of piperidine rings is 1. The largest absolute Gasteiger partial charge is 0.359 e. The number of carbonyl (C=O) groups excluding carboxylic acids is 3. The Labute approximate surface area is 185 Å². The monoisotopic (exact) mass is 446 g/mol. The first-order valence-corrected chi connectivity index (χ1v) is 10.4. The molecule has 0 spiro atoms. The van der Waals surface area contributed by atoms with E-state index in [1.165, 1.54) is 41.7 Å². The fourth-order valence-corrected chi connectivity index (χ4v) is 4.89. The number of alkyl halides is 2. The van der Waals surface area contributed by atoms with Gasteiger partial charge in [-0.3, -0.25) is 29.6 Å². The number of aromatic amines is 1. The van der Waals surface area contributed by atoms with Crippen molar-refractivity contribution in [1.82, 2.24) is 15.3 Å². The van der Waals surface area contributed by atoms with Crippen LogP contribution in [-0.2, 0) is 15.5 Å². The van der Waals surface area contributed by atoms with Crippen molar-refractivity contribution in [3.63, 3.8) is 0 Å². The number of rotatable bonds is 3. The highest BCUT2D eigenvalue weighted by atomic mass is 19.3. The van der Waals surface area contributed by atoms with E-state index in [2.05, 4.69) is 15.3 Å². The Kier molecular flexibility index (Phi) is 3.95. The average Bonchev–Trinajstić information content (AvgIpc) is 3.36. The van der Waals surface area contributed by atoms with E-state index in [9.17, 15) is 14.4 Å². The number of pyridine rings is 1. The number of nitrogens with one attached hydrogen (secondary N) is 2. The van der Waals surface area contributed by atoms with Crippen LogP contribution in [-0.4, -0.2) is 33.7 Å². The van der Waals surface area contributed by atoms with Crippen molar-refractivity contribution in [1.29, 1.82) is 0 Å². The number of fused-ring (bicyclic) bond motifs is 1. The molecule has 4 aromatic rings. The maximum Gasteiger partial charge on any atom is 0.301 e. The summed E-state index contributed by atoms with van der Waals surface area (Å²) in [4.78, 5) is 45.4. The summed E-state index contributed by atoms with van der Waals surface area (Å²) in [7, 11) is 0. The normalized spacial score (nSPS) is 18.4. The number of H-pyrrole nitrogens is 1. The molecule has 0 aliphatic carbocycles. The highest BCUT2D eigenvalue weighted by molar-refractivity contribution is 6.27. The van der Waals surface area contributed by atoms with Gasteiger partial charge >= 0.3 is 5.92 Å². The Morgan fingerprint density at radius 3 is 2.70 bits per heavy atom. The average molecular weight is 446 g/mol. The van der Waals surface area contributed by atoms with Gasteiger partial charge in [0.15, 0.2) is 0 Å². The van der Waals surface area contributed by atoms with Crippen molar-refractivity contribution in [2.75, 3.05) is 4.90 Å². The number of carbonyl (C=O) groups is 3. The van der Waals surface area contributed by atoms with Crippen LogP contribution in [0, 0.1) is 0 Å². The molecule has 1 unspecified atom stereocenters. The maximum absolute atomic E-state index is 15.9. The number of amides is 3. The van der Waals surface area contributed by atoms with E-state index >= 15 is 8.78 Å². The van der Waals surface area contributed by atoms with Crippen molar-refractivity contribution in [2.45, 2.75) is 24.8 Å². The van der Waals surface area contributed by atoms with Gasteiger partial charge in [-0.25, -0.2) is 0 Å². The lowest BCUT2D eigenvalue weighted by molar-refractivity contribution is -0.134. The summed E-state index contributed by atoms with van der Waals surface area (Å²) in [5.74, 6) is -4.76. The summed E-state index contributed by atoms with van der Waals surface area (Å²) in [6.45, 7) is 0. The van der Waals surface area contributed by atoms with Gasteiger partial charge in [-0.2, -0.15) is 8.78 Å². The first-order valence-electron chi connectivity index (χ1n) is 10.4. The lowest BCUT2D eigenvalue weighted by Crippen LogP contribution is -2.53. The van der Waals surface area contributed by atoms with Crippen molar-refractivity contribution in [3.05, 3.63) is 71.7 Å². The summed E-state index contributed by atoms with van der Waals surface area (Å²) in [5.41, 5.74) is 0.721. The third-order valence-corrected chi connectivity index (χ3v) is 6.41. The Hall–Kier alpha value is -4.14. The van der Waals surface area contributed by atoms with Crippen LogP contribution in [0.5, 0.6) is 0 Å². The molecule has 2 N–H and O–H groups in total. The minimum Gasteiger partial charge on any atom is -0.359 e. The molecule has 1 saturated heterocycles. The fraction of sp³-hybridized carbons (Fsp3) is 0.167. The van der Waals surface area contributed by atoms with Crippen molar-refractivity contribution >= 4 is 45.1 Å². The van der Waals surface area contributed by atoms with Gasteiger partial charge in [0.05, 0.1) is 23.0 Å². The number of imide groups is 1. The predicted molar refractivity (Wildman–Crippen MR) is 116 cm³/mol. The summed E-state index contributed by atoms with van der Waals surface area (Å²) in [5, 5.41) is 3.24. The van der Waals surface area contributed by atoms with E-state index in [0.717, 1.165) is 0 Å². The molecule has 164 valence electrons. The number of anilines is 1. The van der Waals surface area contributed by atoms with Gasteiger partial charge in [-0.15, -0.1) is 0 Å². The highest BCUT2D eigenvalue weighted by Crippen LogP contribution is 2.47. The second-order valence-electron chi connectivity index (χ2n) is 8.20. The quantitative estimate of drug-likeness (QED) is 0.470. The number of hydrogen-bond donors (Lipinski definition) is 2. The molecule has 2 aromatic heterocycles. The molecule has 6 rings (SSSR count). The van der Waals surface area contributed by atoms with Crippen LogP contribution in [0.3, 0.4) is 0 Å². The van der Waals surface area contributed by atoms with Crippen LogP contribution in [0.15, 0.2) is 55.0 Å². The zero-order chi connectivity index (χ0) is 22.9. The van der Waals surface area contributed by atoms with E-state index in [4.69, 9.17) is 0 Å². The lowest BCUT2D eigenvalue weighted by atomic mass is 9.93. The molecular weight excluding hydrogens is 430 g/mol. The molecule has 2 aliphatic rings. The molecule has 7 nitrogen and oxygen atoms in total. The van der Waals surface area contributed by atoms with Crippen LogP contribution < -0.4 is 10.2 Å². The van der Waals surface area contributed by atoms with Crippen LogP contribution in [0.1, 0.15) is 34.3 Å². The summed E-state index contributed by atoms with van der Waals surface area (Å²) >= 11 is 0. The van der Waals surface area contributed by atoms with Crippen molar-refractivity contribution < 1.29 is 23.2 Å². The number of aromatic nitrogens is 2. The van der Waals surface area contributed by atoms with Gasteiger partial charge in [-0.05, 0) is 36.1 Å². The van der Waals surface area contributed by atoms with Gasteiger partial charge < -0.3 is 4.98 Å². The second kappa shape index (κ2) is 6.68. The van der Waals surface area contributed by atoms with Crippen molar-refractivity contribution in [3.8, 4) is 0 Å². The summed E-state index contributed by atoms with van der Waals surface area (Å²) in [6, 6.07) is 8.11. The van der Waals surface area contributed by atoms with Crippen molar-refractivity contribution in [2.24, 2.45) is 0 Å². The molecule has 33 heavy (non-hydrogen) atoms. The second-order valence-corrected chi connectivity index (χ2v) is 8.20. The SMILES string of the molecule is O=C1CCC(N2C(=O)c3cccc4c(C(F)(F)c5c[nH]c6cnccc56)ccc2c34)C(=O)N1. The van der Waals surface area contributed by atoms with E-state index < -0.39 is 29.7 Å². The van der Waals surface area contributed by atoms with E-state index in [1.54, 1.807) is 18.2 Å². The van der Waals surface area contributed by atoms with Gasteiger partial charge in [0.1, 0.15) is 6.04 Å². The molecule has 9 heteroatoms. The number of halogens is 2. The fourth-order valence-electron chi connectivity index (χ4n) is 4.89. The Morgan fingerprint density at radius 2 is 1.88 bits per heavy atom. The Morgan fingerprint density at radius 1 is 1.03 bits per heavy atom. The van der Waals surface area contributed by atoms with E-state index in [-0.39, 0.29) is 34.9 Å². The maximum atomic E-state index is 15.9. The Balaban J connectivity index is 1.53. The van der Waals surface area contributed by atoms with Crippen LogP contribution in [0.2, 0.25) is 0 Å². The van der Waals surface area contributed by atoms with Gasteiger partial charge in [0.25, 0.3) is 5.91 Å². The molecule has 1 atom stereocenters. The smallest absolute Gasteiger partial charge is 0.301 e. The third-order valence-electron chi connectivity index (χ3n) is 6.41. The molecule has 2 aromatic carbocycles. The predicted octanol–water partition coefficient (Wildman–Crippen LogP) is 3.62. The topological polar surface area (TPSA) is 95.2 Å². The minimum absolute atomic E-state index is 0.102. The van der Waals surface area contributed by atoms with Gasteiger partial charge in [0, 0.05) is 40.7 Å². The molecule has 1 fully saturated rings. The first kappa shape index (κ1) is 19.5. The molecule has 0 bridgehead atoms. The molecule has 4 heterocycles. The zero-order valence-electron chi connectivity index (χ0n) is 17.1. The molecule has 0 radical (unpaired) electrons. The standard InChI is InChI=1S/C24H16F2N4O3/c25-24(26,16-10-28-17-11-27-9-8-12(16)17)15-4-5-18-21-13(15)2-1-3-14(21)23(33)30(18)19-6-7-20(31)29-22(19)32/h1-5,8-11,19,28H,6-7H2,(H,29,31,32). The molecular formula is C24H16F2N4O3.